The van der Waals surface area contributed by atoms with Crippen LogP contribution in [0.4, 0.5) is 4.39 Å². The lowest BCUT2D eigenvalue weighted by molar-refractivity contribution is -0.126. The van der Waals surface area contributed by atoms with Crippen LogP contribution in [0.15, 0.2) is 47.4 Å². The summed E-state index contributed by atoms with van der Waals surface area (Å²) in [6.07, 6.45) is 0.817. The minimum atomic E-state index is -3.80. The Morgan fingerprint density at radius 3 is 2.48 bits per heavy atom. The van der Waals surface area contributed by atoms with Gasteiger partial charge in [0.1, 0.15) is 16.5 Å². The first-order chi connectivity index (χ1) is 14.7. The number of piperidine rings is 1. The molecule has 0 unspecified atom stereocenters. The van der Waals surface area contributed by atoms with Crippen molar-refractivity contribution in [2.24, 2.45) is 5.92 Å². The molecule has 1 saturated heterocycles. The van der Waals surface area contributed by atoms with Crippen LogP contribution in [0.25, 0.3) is 0 Å². The molecule has 9 heteroatoms. The Labute approximate surface area is 187 Å². The fourth-order valence-corrected chi connectivity index (χ4v) is 5.49. The quantitative estimate of drug-likeness (QED) is 0.662. The van der Waals surface area contributed by atoms with Gasteiger partial charge in [0, 0.05) is 24.0 Å². The van der Waals surface area contributed by atoms with E-state index in [1.807, 2.05) is 6.92 Å². The third kappa shape index (κ3) is 5.56. The van der Waals surface area contributed by atoms with Gasteiger partial charge in [0.05, 0.1) is 12.6 Å². The van der Waals surface area contributed by atoms with Gasteiger partial charge in [-0.05, 0) is 62.6 Å². The Morgan fingerprint density at radius 1 is 1.23 bits per heavy atom. The van der Waals surface area contributed by atoms with E-state index in [9.17, 15) is 17.6 Å². The summed E-state index contributed by atoms with van der Waals surface area (Å²) in [7, 11) is -3.80. The van der Waals surface area contributed by atoms with Crippen LogP contribution in [0, 0.1) is 11.7 Å². The van der Waals surface area contributed by atoms with Crippen molar-refractivity contribution in [1.29, 1.82) is 0 Å². The van der Waals surface area contributed by atoms with Crippen LogP contribution in [0.2, 0.25) is 5.02 Å². The molecule has 6 nitrogen and oxygen atoms in total. The molecule has 3 rings (SSSR count). The maximum absolute atomic E-state index is 13.2. The number of ether oxygens (including phenoxy) is 1. The molecule has 1 amide bonds. The van der Waals surface area contributed by atoms with Gasteiger partial charge in [0.15, 0.2) is 0 Å². The molecule has 1 aliphatic rings. The van der Waals surface area contributed by atoms with Crippen LogP contribution in [0.5, 0.6) is 5.75 Å². The predicted molar refractivity (Wildman–Crippen MR) is 117 cm³/mol. The Balaban J connectivity index is 1.64. The second kappa shape index (κ2) is 9.97. The van der Waals surface area contributed by atoms with E-state index in [0.29, 0.717) is 24.5 Å². The summed E-state index contributed by atoms with van der Waals surface area (Å²) >= 11 is 6.02. The first-order valence-corrected chi connectivity index (χ1v) is 12.0. The summed E-state index contributed by atoms with van der Waals surface area (Å²) < 4.78 is 46.2. The number of sulfonamides is 1. The summed E-state index contributed by atoms with van der Waals surface area (Å²) in [6, 6.07) is 10.2. The second-order valence-electron chi connectivity index (χ2n) is 7.48. The molecular weight excluding hydrogens is 443 g/mol. The standard InChI is InChI=1S/C22H26ClFN2O4S/c1-3-30-20-9-6-18(23)14-21(20)31(28,29)26-12-10-17(11-13-26)22(27)25-15(2)16-4-7-19(24)8-5-16/h4-9,14-15,17H,3,10-13H2,1-2H3,(H,25,27)/t15-/m1/s1. The molecular formula is C22H26ClFN2O4S. The van der Waals surface area contributed by atoms with Crippen LogP contribution in [0.1, 0.15) is 38.3 Å². The van der Waals surface area contributed by atoms with Crippen molar-refractivity contribution in [1.82, 2.24) is 9.62 Å². The normalized spacial score (nSPS) is 16.6. The van der Waals surface area contributed by atoms with Gasteiger partial charge in [-0.3, -0.25) is 4.79 Å². The zero-order valence-electron chi connectivity index (χ0n) is 17.5. The fraction of sp³-hybridized carbons (Fsp3) is 0.409. The van der Waals surface area contributed by atoms with Crippen LogP contribution >= 0.6 is 11.6 Å². The van der Waals surface area contributed by atoms with Crippen molar-refractivity contribution < 1.29 is 22.3 Å². The predicted octanol–water partition coefficient (Wildman–Crippen LogP) is 4.16. The number of carbonyl (C=O) groups is 1. The molecule has 1 aliphatic heterocycles. The number of rotatable bonds is 7. The summed E-state index contributed by atoms with van der Waals surface area (Å²) in [5.41, 5.74) is 0.805. The van der Waals surface area contributed by atoms with Crippen molar-refractivity contribution >= 4 is 27.5 Å². The van der Waals surface area contributed by atoms with Crippen molar-refractivity contribution in [3.05, 3.63) is 58.9 Å². The lowest BCUT2D eigenvalue weighted by atomic mass is 9.96. The number of carbonyl (C=O) groups excluding carboxylic acids is 1. The monoisotopic (exact) mass is 468 g/mol. The molecule has 2 aromatic rings. The maximum atomic E-state index is 13.2. The smallest absolute Gasteiger partial charge is 0.246 e. The Morgan fingerprint density at radius 2 is 1.87 bits per heavy atom. The molecule has 0 aromatic heterocycles. The van der Waals surface area contributed by atoms with E-state index in [-0.39, 0.29) is 47.4 Å². The highest BCUT2D eigenvalue weighted by Crippen LogP contribution is 2.32. The lowest BCUT2D eigenvalue weighted by Crippen LogP contribution is -2.43. The topological polar surface area (TPSA) is 75.7 Å². The fourth-order valence-electron chi connectivity index (χ4n) is 3.62. The molecule has 168 valence electrons. The van der Waals surface area contributed by atoms with E-state index < -0.39 is 10.0 Å². The van der Waals surface area contributed by atoms with E-state index in [2.05, 4.69) is 5.32 Å². The van der Waals surface area contributed by atoms with Gasteiger partial charge in [-0.15, -0.1) is 0 Å². The molecule has 1 heterocycles. The highest BCUT2D eigenvalue weighted by molar-refractivity contribution is 7.89. The number of hydrogen-bond donors (Lipinski definition) is 1. The number of halogens is 2. The average molecular weight is 469 g/mol. The molecule has 0 aliphatic carbocycles. The Kier molecular flexibility index (Phi) is 7.56. The maximum Gasteiger partial charge on any atom is 0.246 e. The minimum Gasteiger partial charge on any atom is -0.492 e. The first-order valence-electron chi connectivity index (χ1n) is 10.2. The zero-order valence-corrected chi connectivity index (χ0v) is 19.0. The number of nitrogens with one attached hydrogen (secondary N) is 1. The van der Waals surface area contributed by atoms with Crippen molar-refractivity contribution in [3.8, 4) is 5.75 Å². The van der Waals surface area contributed by atoms with Gasteiger partial charge < -0.3 is 10.1 Å². The molecule has 0 spiro atoms. The summed E-state index contributed by atoms with van der Waals surface area (Å²) in [5, 5.41) is 3.25. The SMILES string of the molecule is CCOc1ccc(Cl)cc1S(=O)(=O)N1CCC(C(=O)N[C@H](C)c2ccc(F)cc2)CC1. The molecule has 0 bridgehead atoms. The minimum absolute atomic E-state index is 0.0367. The summed E-state index contributed by atoms with van der Waals surface area (Å²) in [5.74, 6) is -0.491. The average Bonchev–Trinajstić information content (AvgIpc) is 2.75. The van der Waals surface area contributed by atoms with Gasteiger partial charge in [-0.2, -0.15) is 4.31 Å². The van der Waals surface area contributed by atoms with Crippen molar-refractivity contribution in [2.75, 3.05) is 19.7 Å². The van der Waals surface area contributed by atoms with Crippen molar-refractivity contribution in [2.45, 2.75) is 37.6 Å². The molecule has 0 saturated carbocycles. The van der Waals surface area contributed by atoms with Crippen LogP contribution in [-0.4, -0.2) is 38.3 Å². The van der Waals surface area contributed by atoms with Gasteiger partial charge in [-0.1, -0.05) is 23.7 Å². The molecule has 1 atom stereocenters. The lowest BCUT2D eigenvalue weighted by Gasteiger charge is -2.31. The summed E-state index contributed by atoms with van der Waals surface area (Å²) in [6.45, 7) is 4.40. The van der Waals surface area contributed by atoms with Crippen LogP contribution in [0.3, 0.4) is 0 Å². The van der Waals surface area contributed by atoms with Crippen LogP contribution < -0.4 is 10.1 Å². The number of amides is 1. The highest BCUT2D eigenvalue weighted by atomic mass is 35.5. The number of hydrogen-bond acceptors (Lipinski definition) is 4. The highest BCUT2D eigenvalue weighted by Gasteiger charge is 2.34. The molecule has 31 heavy (non-hydrogen) atoms. The van der Waals surface area contributed by atoms with Gasteiger partial charge in [0.2, 0.25) is 15.9 Å². The van der Waals surface area contributed by atoms with E-state index in [0.717, 1.165) is 5.56 Å². The molecule has 1 fully saturated rings. The van der Waals surface area contributed by atoms with E-state index in [1.165, 1.54) is 22.5 Å². The van der Waals surface area contributed by atoms with Gasteiger partial charge in [-0.25, -0.2) is 12.8 Å². The third-order valence-electron chi connectivity index (χ3n) is 5.38. The van der Waals surface area contributed by atoms with E-state index >= 15 is 0 Å². The van der Waals surface area contributed by atoms with Gasteiger partial charge in [0.25, 0.3) is 0 Å². The summed E-state index contributed by atoms with van der Waals surface area (Å²) in [4.78, 5) is 12.7. The second-order valence-corrected chi connectivity index (χ2v) is 9.83. The zero-order chi connectivity index (χ0) is 22.6. The number of benzene rings is 2. The molecule has 1 N–H and O–H groups in total. The molecule has 0 radical (unpaired) electrons. The Hall–Kier alpha value is -2.16. The van der Waals surface area contributed by atoms with E-state index in [1.54, 1.807) is 31.2 Å². The third-order valence-corrected chi connectivity index (χ3v) is 7.53. The first kappa shape index (κ1) is 23.5. The van der Waals surface area contributed by atoms with Gasteiger partial charge >= 0.3 is 0 Å². The number of nitrogens with zero attached hydrogens (tertiary/aromatic N) is 1. The molecule has 2 aromatic carbocycles. The van der Waals surface area contributed by atoms with Crippen LogP contribution in [-0.2, 0) is 14.8 Å². The van der Waals surface area contributed by atoms with E-state index in [4.69, 9.17) is 16.3 Å². The van der Waals surface area contributed by atoms with Crippen molar-refractivity contribution in [3.63, 3.8) is 0 Å². The Bertz CT molecular complexity index is 1020. The largest absolute Gasteiger partial charge is 0.492 e.